The molecular formula is C22H26N4. The van der Waals surface area contributed by atoms with Crippen molar-refractivity contribution in [1.29, 1.82) is 0 Å². The Kier molecular flexibility index (Phi) is 4.23. The van der Waals surface area contributed by atoms with Crippen molar-refractivity contribution >= 4 is 11.0 Å². The third kappa shape index (κ3) is 3.53. The standard InChI is InChI=1S/C22H26N4/c1-2-4-21-20(3-1)24-22(25-21)18-9-7-17(8-10-18)14-26-12-11-19(15-26)23-13-16-5-6-16/h1-4,7-10,16,19,23H,5-6,11-15H2,(H,24,25). The molecule has 1 aromatic heterocycles. The molecule has 1 unspecified atom stereocenters. The number of fused-ring (bicyclic) bond motifs is 1. The van der Waals surface area contributed by atoms with Crippen molar-refractivity contribution in [3.8, 4) is 11.4 Å². The van der Waals surface area contributed by atoms with Crippen LogP contribution in [-0.2, 0) is 6.54 Å². The number of aromatic nitrogens is 2. The van der Waals surface area contributed by atoms with Crippen molar-refractivity contribution < 1.29 is 0 Å². The van der Waals surface area contributed by atoms with Gasteiger partial charge in [-0.05, 0) is 49.4 Å². The van der Waals surface area contributed by atoms with E-state index in [1.165, 1.54) is 44.5 Å². The number of benzene rings is 2. The molecule has 2 fully saturated rings. The molecule has 0 spiro atoms. The van der Waals surface area contributed by atoms with Gasteiger partial charge in [0.2, 0.25) is 0 Å². The van der Waals surface area contributed by atoms with Crippen molar-refractivity contribution in [2.24, 2.45) is 5.92 Å². The van der Waals surface area contributed by atoms with Crippen LogP contribution in [-0.4, -0.2) is 40.5 Å². The highest BCUT2D eigenvalue weighted by molar-refractivity contribution is 5.79. The Morgan fingerprint density at radius 1 is 1.04 bits per heavy atom. The molecule has 1 aliphatic heterocycles. The largest absolute Gasteiger partial charge is 0.338 e. The molecule has 2 heterocycles. The number of imidazole rings is 1. The highest BCUT2D eigenvalue weighted by Gasteiger charge is 2.26. The number of nitrogens with zero attached hydrogens (tertiary/aromatic N) is 2. The smallest absolute Gasteiger partial charge is 0.138 e. The zero-order chi connectivity index (χ0) is 17.3. The van der Waals surface area contributed by atoms with Crippen LogP contribution in [0, 0.1) is 5.92 Å². The normalized spacial score (nSPS) is 20.8. The molecule has 3 aromatic rings. The van der Waals surface area contributed by atoms with E-state index in [2.05, 4.69) is 45.5 Å². The quantitative estimate of drug-likeness (QED) is 0.713. The average Bonchev–Trinajstić information content (AvgIpc) is 3.23. The van der Waals surface area contributed by atoms with Crippen molar-refractivity contribution in [2.45, 2.75) is 31.8 Å². The summed E-state index contributed by atoms with van der Waals surface area (Å²) in [6, 6.07) is 17.7. The summed E-state index contributed by atoms with van der Waals surface area (Å²) in [7, 11) is 0. The number of aromatic amines is 1. The van der Waals surface area contributed by atoms with E-state index < -0.39 is 0 Å². The van der Waals surface area contributed by atoms with Gasteiger partial charge in [-0.25, -0.2) is 4.98 Å². The van der Waals surface area contributed by atoms with Crippen molar-refractivity contribution in [3.63, 3.8) is 0 Å². The number of rotatable bonds is 6. The molecule has 0 bridgehead atoms. The summed E-state index contributed by atoms with van der Waals surface area (Å²) in [5.74, 6) is 1.91. The fourth-order valence-electron chi connectivity index (χ4n) is 3.91. The van der Waals surface area contributed by atoms with E-state index in [0.717, 1.165) is 34.9 Å². The van der Waals surface area contributed by atoms with Gasteiger partial charge >= 0.3 is 0 Å². The summed E-state index contributed by atoms with van der Waals surface area (Å²) in [5, 5.41) is 3.75. The molecule has 4 heteroatoms. The second-order valence-corrected chi connectivity index (χ2v) is 7.87. The molecular weight excluding hydrogens is 320 g/mol. The molecule has 2 aliphatic rings. The maximum atomic E-state index is 4.69. The second-order valence-electron chi connectivity index (χ2n) is 7.87. The van der Waals surface area contributed by atoms with E-state index in [1.807, 2.05) is 18.2 Å². The van der Waals surface area contributed by atoms with Gasteiger partial charge in [0.1, 0.15) is 5.82 Å². The van der Waals surface area contributed by atoms with E-state index in [-0.39, 0.29) is 0 Å². The molecule has 1 saturated heterocycles. The lowest BCUT2D eigenvalue weighted by atomic mass is 10.1. The fraction of sp³-hybridized carbons (Fsp3) is 0.409. The van der Waals surface area contributed by atoms with Gasteiger partial charge in [-0.1, -0.05) is 36.4 Å². The highest BCUT2D eigenvalue weighted by atomic mass is 15.2. The number of hydrogen-bond donors (Lipinski definition) is 2. The number of hydrogen-bond acceptors (Lipinski definition) is 3. The van der Waals surface area contributed by atoms with Gasteiger partial charge in [0.15, 0.2) is 0 Å². The lowest BCUT2D eigenvalue weighted by Crippen LogP contribution is -2.33. The minimum atomic E-state index is 0.686. The highest BCUT2D eigenvalue weighted by Crippen LogP contribution is 2.28. The Morgan fingerprint density at radius 2 is 1.88 bits per heavy atom. The van der Waals surface area contributed by atoms with Gasteiger partial charge in [0.25, 0.3) is 0 Å². The monoisotopic (exact) mass is 346 g/mol. The van der Waals surface area contributed by atoms with E-state index in [9.17, 15) is 0 Å². The third-order valence-corrected chi connectivity index (χ3v) is 5.69. The van der Waals surface area contributed by atoms with Gasteiger partial charge in [-0.3, -0.25) is 4.90 Å². The summed E-state index contributed by atoms with van der Waals surface area (Å²) < 4.78 is 0. The maximum Gasteiger partial charge on any atom is 0.138 e. The average molecular weight is 346 g/mol. The predicted molar refractivity (Wildman–Crippen MR) is 106 cm³/mol. The van der Waals surface area contributed by atoms with Gasteiger partial charge in [-0.2, -0.15) is 0 Å². The van der Waals surface area contributed by atoms with Crippen LogP contribution in [0.1, 0.15) is 24.8 Å². The molecule has 0 amide bonds. The Hall–Kier alpha value is -2.17. The lowest BCUT2D eigenvalue weighted by molar-refractivity contribution is 0.319. The molecule has 1 aliphatic carbocycles. The lowest BCUT2D eigenvalue weighted by Gasteiger charge is -2.17. The first-order valence-corrected chi connectivity index (χ1v) is 9.83. The van der Waals surface area contributed by atoms with Crippen molar-refractivity contribution in [2.75, 3.05) is 19.6 Å². The van der Waals surface area contributed by atoms with E-state index in [0.29, 0.717) is 6.04 Å². The van der Waals surface area contributed by atoms with Gasteiger partial charge in [-0.15, -0.1) is 0 Å². The van der Waals surface area contributed by atoms with Crippen LogP contribution in [0.5, 0.6) is 0 Å². The van der Waals surface area contributed by atoms with Gasteiger partial charge < -0.3 is 10.3 Å². The molecule has 0 radical (unpaired) electrons. The molecule has 26 heavy (non-hydrogen) atoms. The third-order valence-electron chi connectivity index (χ3n) is 5.69. The minimum Gasteiger partial charge on any atom is -0.338 e. The van der Waals surface area contributed by atoms with Gasteiger partial charge in [0, 0.05) is 31.2 Å². The first-order valence-electron chi connectivity index (χ1n) is 9.83. The molecule has 134 valence electrons. The summed E-state index contributed by atoms with van der Waals surface area (Å²) in [4.78, 5) is 10.7. The van der Waals surface area contributed by atoms with Crippen molar-refractivity contribution in [3.05, 3.63) is 54.1 Å². The van der Waals surface area contributed by atoms with Crippen LogP contribution in [0.2, 0.25) is 0 Å². The maximum absolute atomic E-state index is 4.69. The Labute approximate surface area is 154 Å². The molecule has 5 rings (SSSR count). The van der Waals surface area contributed by atoms with Crippen LogP contribution in [0.25, 0.3) is 22.4 Å². The summed E-state index contributed by atoms with van der Waals surface area (Å²) in [6.07, 6.45) is 4.14. The summed E-state index contributed by atoms with van der Waals surface area (Å²) in [6.45, 7) is 4.65. The SMILES string of the molecule is c1ccc2[nH]c(-c3ccc(CN4CCC(NCC5CC5)C4)cc3)nc2c1. The summed E-state index contributed by atoms with van der Waals surface area (Å²) in [5.41, 5.74) is 4.64. The number of para-hydroxylation sites is 2. The van der Waals surface area contributed by atoms with E-state index in [4.69, 9.17) is 4.98 Å². The zero-order valence-corrected chi connectivity index (χ0v) is 15.1. The summed E-state index contributed by atoms with van der Waals surface area (Å²) >= 11 is 0. The molecule has 2 N–H and O–H groups in total. The first-order chi connectivity index (χ1) is 12.8. The first kappa shape index (κ1) is 16.0. The number of nitrogens with one attached hydrogen (secondary N) is 2. The Morgan fingerprint density at radius 3 is 2.69 bits per heavy atom. The predicted octanol–water partition coefficient (Wildman–Crippen LogP) is 3.80. The van der Waals surface area contributed by atoms with Crippen LogP contribution in [0.4, 0.5) is 0 Å². The topological polar surface area (TPSA) is 44.0 Å². The molecule has 1 atom stereocenters. The minimum absolute atomic E-state index is 0.686. The Balaban J connectivity index is 1.21. The molecule has 4 nitrogen and oxygen atoms in total. The van der Waals surface area contributed by atoms with Crippen LogP contribution < -0.4 is 5.32 Å². The number of likely N-dealkylation sites (tertiary alicyclic amines) is 1. The fourth-order valence-corrected chi connectivity index (χ4v) is 3.91. The molecule has 2 aromatic carbocycles. The van der Waals surface area contributed by atoms with E-state index >= 15 is 0 Å². The number of H-pyrrole nitrogens is 1. The van der Waals surface area contributed by atoms with Gasteiger partial charge in [0.05, 0.1) is 11.0 Å². The zero-order valence-electron chi connectivity index (χ0n) is 15.1. The van der Waals surface area contributed by atoms with Crippen LogP contribution in [0.15, 0.2) is 48.5 Å². The van der Waals surface area contributed by atoms with E-state index in [1.54, 1.807) is 0 Å². The molecule has 1 saturated carbocycles. The Bertz CT molecular complexity index is 846. The van der Waals surface area contributed by atoms with Crippen molar-refractivity contribution in [1.82, 2.24) is 20.2 Å². The second kappa shape index (κ2) is 6.86. The van der Waals surface area contributed by atoms with Crippen LogP contribution >= 0.6 is 0 Å². The van der Waals surface area contributed by atoms with Crippen LogP contribution in [0.3, 0.4) is 0 Å².